The number of hydrogen-bond donors (Lipinski definition) is 3. The van der Waals surface area contributed by atoms with E-state index in [1.165, 1.54) is 31.5 Å². The molecule has 0 spiro atoms. The highest BCUT2D eigenvalue weighted by atomic mass is 35.5. The molecule has 3 N–H and O–H groups in total. The van der Waals surface area contributed by atoms with Crippen molar-refractivity contribution in [2.45, 2.75) is 26.1 Å². The lowest BCUT2D eigenvalue weighted by molar-refractivity contribution is -0.142. The number of alkyl halides is 3. The number of aromatic amines is 1. The first-order chi connectivity index (χ1) is 17.1. The van der Waals surface area contributed by atoms with Crippen LogP contribution in [-0.4, -0.2) is 45.6 Å². The predicted octanol–water partition coefficient (Wildman–Crippen LogP) is 5.08. The van der Waals surface area contributed by atoms with E-state index in [1.807, 2.05) is 13.8 Å². The highest BCUT2D eigenvalue weighted by Gasteiger charge is 2.36. The number of benzene rings is 2. The summed E-state index contributed by atoms with van der Waals surface area (Å²) in [6.07, 6.45) is -3.19. The Bertz CT molecular complexity index is 1400. The van der Waals surface area contributed by atoms with Crippen LogP contribution in [0.3, 0.4) is 0 Å². The Hall–Kier alpha value is -3.93. The molecular formula is C23H22ClF3N6O3. The molecule has 0 saturated heterocycles. The van der Waals surface area contributed by atoms with Gasteiger partial charge in [0, 0.05) is 23.6 Å². The third-order valence-corrected chi connectivity index (χ3v) is 5.43. The van der Waals surface area contributed by atoms with Crippen molar-refractivity contribution in [2.75, 3.05) is 19.0 Å². The normalized spacial score (nSPS) is 11.7. The van der Waals surface area contributed by atoms with E-state index in [2.05, 4.69) is 25.9 Å². The molecule has 0 saturated carbocycles. The Morgan fingerprint density at radius 3 is 2.67 bits per heavy atom. The minimum atomic E-state index is -4.71. The second-order valence-corrected chi connectivity index (χ2v) is 8.43. The first-order valence-corrected chi connectivity index (χ1v) is 11.1. The maximum atomic E-state index is 13.9. The van der Waals surface area contributed by atoms with Gasteiger partial charge >= 0.3 is 6.18 Å². The molecule has 0 atom stereocenters. The number of hydrogen-bond acceptors (Lipinski definition) is 6. The number of ether oxygens (including phenoxy) is 2. The van der Waals surface area contributed by atoms with E-state index in [9.17, 15) is 18.0 Å². The number of halogens is 4. The summed E-state index contributed by atoms with van der Waals surface area (Å²) in [6, 6.07) is 8.26. The lowest BCUT2D eigenvalue weighted by Gasteiger charge is -2.15. The lowest BCUT2D eigenvalue weighted by atomic mass is 10.2. The van der Waals surface area contributed by atoms with Crippen LogP contribution in [0, 0.1) is 0 Å². The van der Waals surface area contributed by atoms with Crippen LogP contribution in [0.1, 0.15) is 19.5 Å². The molecule has 0 aliphatic rings. The molecule has 0 aliphatic carbocycles. The Labute approximate surface area is 208 Å². The third kappa shape index (κ3) is 5.33. The number of H-pyrrole nitrogens is 1. The number of rotatable bonds is 8. The summed E-state index contributed by atoms with van der Waals surface area (Å²) in [5.74, 6) is -0.0851. The fourth-order valence-electron chi connectivity index (χ4n) is 3.47. The number of anilines is 2. The van der Waals surface area contributed by atoms with Crippen molar-refractivity contribution in [1.82, 2.24) is 25.3 Å². The summed E-state index contributed by atoms with van der Waals surface area (Å²) < 4.78 is 53.1. The van der Waals surface area contributed by atoms with Gasteiger partial charge in [0.25, 0.3) is 5.91 Å². The smallest absolute Gasteiger partial charge is 0.433 e. The molecule has 0 fully saturated rings. The zero-order chi connectivity index (χ0) is 26.0. The zero-order valence-corrected chi connectivity index (χ0v) is 20.2. The van der Waals surface area contributed by atoms with Gasteiger partial charge in [-0.05, 0) is 38.1 Å². The van der Waals surface area contributed by atoms with Crippen molar-refractivity contribution >= 4 is 39.9 Å². The van der Waals surface area contributed by atoms with Gasteiger partial charge in [0.05, 0.1) is 35.2 Å². The van der Waals surface area contributed by atoms with Crippen LogP contribution >= 0.6 is 11.6 Å². The van der Waals surface area contributed by atoms with Crippen molar-refractivity contribution in [3.05, 3.63) is 53.3 Å². The Morgan fingerprint density at radius 2 is 1.97 bits per heavy atom. The predicted molar refractivity (Wildman–Crippen MR) is 128 cm³/mol. The fourth-order valence-corrected chi connectivity index (χ4v) is 3.73. The van der Waals surface area contributed by atoms with Crippen LogP contribution in [0.25, 0.3) is 16.6 Å². The van der Waals surface area contributed by atoms with Gasteiger partial charge in [-0.1, -0.05) is 11.6 Å². The quantitative estimate of drug-likeness (QED) is 0.298. The number of nitrogens with one attached hydrogen (secondary N) is 3. The standard InChI is InChI=1S/C23H22ClF3N6O3/c1-12(2)29-21(34)11-36-17-7-4-13(8-18(17)35-3)33-19(23(25,26)27)9-20(32-33)30-16-6-5-15-14(22(16)24)10-28-31-15/h4-10,12H,11H2,1-3H3,(H,28,31)(H,29,34)(H,30,32). The van der Waals surface area contributed by atoms with Gasteiger partial charge in [0.1, 0.15) is 0 Å². The van der Waals surface area contributed by atoms with Crippen LogP contribution in [0.15, 0.2) is 42.6 Å². The molecule has 0 radical (unpaired) electrons. The van der Waals surface area contributed by atoms with Gasteiger partial charge in [-0.2, -0.15) is 18.3 Å². The van der Waals surface area contributed by atoms with Gasteiger partial charge in [0.15, 0.2) is 29.6 Å². The molecule has 1 amide bonds. The number of carbonyl (C=O) groups is 1. The largest absolute Gasteiger partial charge is 0.493 e. The van der Waals surface area contributed by atoms with E-state index < -0.39 is 11.9 Å². The molecule has 190 valence electrons. The summed E-state index contributed by atoms with van der Waals surface area (Å²) in [5, 5.41) is 17.2. The summed E-state index contributed by atoms with van der Waals surface area (Å²) in [5.41, 5.74) is 0.105. The maximum absolute atomic E-state index is 13.9. The first-order valence-electron chi connectivity index (χ1n) is 10.7. The number of amides is 1. The molecule has 0 unspecified atom stereocenters. The highest BCUT2D eigenvalue weighted by molar-refractivity contribution is 6.38. The topological polar surface area (TPSA) is 106 Å². The first kappa shape index (κ1) is 25.2. The number of nitrogens with zero attached hydrogens (tertiary/aromatic N) is 3. The van der Waals surface area contributed by atoms with Gasteiger partial charge in [0.2, 0.25) is 0 Å². The molecule has 2 aromatic heterocycles. The zero-order valence-electron chi connectivity index (χ0n) is 19.4. The van der Waals surface area contributed by atoms with E-state index in [0.717, 1.165) is 10.7 Å². The van der Waals surface area contributed by atoms with Gasteiger partial charge in [-0.25, -0.2) is 4.68 Å². The minimum absolute atomic E-state index is 0.0646. The summed E-state index contributed by atoms with van der Waals surface area (Å²) in [6.45, 7) is 3.34. The average Bonchev–Trinajstić information content (AvgIpc) is 3.46. The summed E-state index contributed by atoms with van der Waals surface area (Å²) >= 11 is 6.38. The number of carbonyl (C=O) groups excluding carboxylic acids is 1. The van der Waals surface area contributed by atoms with Crippen LogP contribution in [0.5, 0.6) is 11.5 Å². The maximum Gasteiger partial charge on any atom is 0.433 e. The Morgan fingerprint density at radius 1 is 1.19 bits per heavy atom. The Kier molecular flexibility index (Phi) is 6.97. The molecule has 4 aromatic rings. The van der Waals surface area contributed by atoms with Crippen LogP contribution in [0.4, 0.5) is 24.7 Å². The third-order valence-electron chi connectivity index (χ3n) is 5.02. The van der Waals surface area contributed by atoms with Crippen molar-refractivity contribution in [2.24, 2.45) is 0 Å². The molecule has 13 heteroatoms. The van der Waals surface area contributed by atoms with Crippen molar-refractivity contribution in [3.63, 3.8) is 0 Å². The van der Waals surface area contributed by atoms with E-state index in [4.69, 9.17) is 21.1 Å². The van der Waals surface area contributed by atoms with E-state index in [0.29, 0.717) is 16.6 Å². The Balaban J connectivity index is 1.65. The van der Waals surface area contributed by atoms with Crippen molar-refractivity contribution in [3.8, 4) is 17.2 Å². The van der Waals surface area contributed by atoms with Gasteiger partial charge in [-0.15, -0.1) is 5.10 Å². The van der Waals surface area contributed by atoms with Crippen LogP contribution < -0.4 is 20.1 Å². The second-order valence-electron chi connectivity index (χ2n) is 8.05. The highest BCUT2D eigenvalue weighted by Crippen LogP contribution is 2.37. The summed E-state index contributed by atoms with van der Waals surface area (Å²) in [7, 11) is 1.34. The fraction of sp³-hybridized carbons (Fsp3) is 0.261. The molecular weight excluding hydrogens is 501 g/mol. The molecule has 36 heavy (non-hydrogen) atoms. The monoisotopic (exact) mass is 522 g/mol. The van der Waals surface area contributed by atoms with Gasteiger partial charge in [-0.3, -0.25) is 9.89 Å². The number of methoxy groups -OCH3 is 1. The van der Waals surface area contributed by atoms with E-state index in [1.54, 1.807) is 12.1 Å². The van der Waals surface area contributed by atoms with Gasteiger partial charge < -0.3 is 20.1 Å². The minimum Gasteiger partial charge on any atom is -0.493 e. The summed E-state index contributed by atoms with van der Waals surface area (Å²) in [4.78, 5) is 11.9. The number of aromatic nitrogens is 4. The number of fused-ring (bicyclic) bond motifs is 1. The molecule has 0 aliphatic heterocycles. The molecule has 2 heterocycles. The van der Waals surface area contributed by atoms with E-state index >= 15 is 0 Å². The van der Waals surface area contributed by atoms with Crippen LogP contribution in [-0.2, 0) is 11.0 Å². The van der Waals surface area contributed by atoms with E-state index in [-0.39, 0.29) is 46.6 Å². The van der Waals surface area contributed by atoms with Crippen molar-refractivity contribution in [1.29, 1.82) is 0 Å². The molecule has 4 rings (SSSR count). The molecule has 9 nitrogen and oxygen atoms in total. The molecule has 2 aromatic carbocycles. The average molecular weight is 523 g/mol. The van der Waals surface area contributed by atoms with Crippen molar-refractivity contribution < 1.29 is 27.4 Å². The lowest BCUT2D eigenvalue weighted by Crippen LogP contribution is -2.34. The van der Waals surface area contributed by atoms with Crippen LogP contribution in [0.2, 0.25) is 5.02 Å². The SMILES string of the molecule is COc1cc(-n2nc(Nc3ccc4[nH]ncc4c3Cl)cc2C(F)(F)F)ccc1OCC(=O)NC(C)C. The second kappa shape index (κ2) is 9.97. The molecule has 0 bridgehead atoms.